The molecular formula is C18H40N2. The lowest BCUT2D eigenvalue weighted by Gasteiger charge is -2.02. The molecule has 0 bridgehead atoms. The van der Waals surface area contributed by atoms with Gasteiger partial charge in [-0.25, -0.2) is 0 Å². The Morgan fingerprint density at radius 2 is 1.00 bits per heavy atom. The minimum absolute atomic E-state index is 0.970. The maximum absolute atomic E-state index is 5.21. The van der Waals surface area contributed by atoms with Crippen molar-refractivity contribution >= 4 is 0 Å². The molecule has 0 rings (SSSR count). The van der Waals surface area contributed by atoms with Gasteiger partial charge >= 0.3 is 0 Å². The standard InChI is InChI=1S/C14H32N2.C4H8/c1-2-3-4-5-6-7-8-9-10-11-12-13-14-16-15;1-3-4-2/h16H,2-15H2,1H3;3-4H,1-2H3. The average molecular weight is 285 g/mol. The Morgan fingerprint density at radius 3 is 1.30 bits per heavy atom. The van der Waals surface area contributed by atoms with E-state index in [1.54, 1.807) is 0 Å². The molecule has 20 heavy (non-hydrogen) atoms. The van der Waals surface area contributed by atoms with E-state index in [9.17, 15) is 0 Å². The third-order valence-electron chi connectivity index (χ3n) is 3.51. The second-order valence-corrected chi connectivity index (χ2v) is 5.51. The first-order chi connectivity index (χ1) is 9.83. The van der Waals surface area contributed by atoms with Gasteiger partial charge in [-0.3, -0.25) is 11.3 Å². The van der Waals surface area contributed by atoms with Gasteiger partial charge in [0.1, 0.15) is 0 Å². The minimum atomic E-state index is 0.970. The predicted molar refractivity (Wildman–Crippen MR) is 93.8 cm³/mol. The highest BCUT2D eigenvalue weighted by Gasteiger charge is 1.92. The largest absolute Gasteiger partial charge is 0.271 e. The van der Waals surface area contributed by atoms with Crippen LogP contribution < -0.4 is 11.3 Å². The molecule has 0 saturated heterocycles. The highest BCUT2D eigenvalue weighted by molar-refractivity contribution is 4.68. The SMILES string of the molecule is CC=CC.CCCCCCCCCCCCCCNN. The second kappa shape index (κ2) is 23.7. The monoisotopic (exact) mass is 284 g/mol. The van der Waals surface area contributed by atoms with Crippen LogP contribution in [-0.4, -0.2) is 6.54 Å². The number of hydrogen-bond donors (Lipinski definition) is 2. The van der Waals surface area contributed by atoms with Crippen molar-refractivity contribution < 1.29 is 0 Å². The Kier molecular flexibility index (Phi) is 26.0. The molecule has 0 amide bonds. The quantitative estimate of drug-likeness (QED) is 0.196. The lowest BCUT2D eigenvalue weighted by molar-refractivity contribution is 0.538. The highest BCUT2D eigenvalue weighted by Crippen LogP contribution is 2.11. The molecule has 0 radical (unpaired) electrons. The van der Waals surface area contributed by atoms with E-state index in [4.69, 9.17) is 5.84 Å². The maximum Gasteiger partial charge on any atom is 0.00974 e. The fourth-order valence-electron chi connectivity index (χ4n) is 2.07. The van der Waals surface area contributed by atoms with Crippen molar-refractivity contribution in [2.24, 2.45) is 5.84 Å². The maximum atomic E-state index is 5.21. The first-order valence-corrected chi connectivity index (χ1v) is 8.84. The molecule has 0 fully saturated rings. The van der Waals surface area contributed by atoms with E-state index in [0.29, 0.717) is 0 Å². The molecule has 0 unspecified atom stereocenters. The molecule has 2 nitrogen and oxygen atoms in total. The Balaban J connectivity index is 0. The molecule has 122 valence electrons. The van der Waals surface area contributed by atoms with Crippen LogP contribution in [0.3, 0.4) is 0 Å². The van der Waals surface area contributed by atoms with Gasteiger partial charge in [-0.15, -0.1) is 0 Å². The summed E-state index contributed by atoms with van der Waals surface area (Å²) in [7, 11) is 0. The summed E-state index contributed by atoms with van der Waals surface area (Å²) in [6.45, 7) is 7.25. The van der Waals surface area contributed by atoms with Crippen molar-refractivity contribution in [3.63, 3.8) is 0 Å². The summed E-state index contributed by atoms with van der Waals surface area (Å²) in [5.74, 6) is 5.21. The third kappa shape index (κ3) is 26.3. The highest BCUT2D eigenvalue weighted by atomic mass is 15.2. The molecular weight excluding hydrogens is 244 g/mol. The van der Waals surface area contributed by atoms with Crippen LogP contribution in [0.1, 0.15) is 97.8 Å². The Labute approximate surface area is 128 Å². The predicted octanol–water partition coefficient (Wildman–Crippen LogP) is 5.73. The van der Waals surface area contributed by atoms with Crippen molar-refractivity contribution in [3.05, 3.63) is 12.2 Å². The lowest BCUT2D eigenvalue weighted by atomic mass is 10.1. The minimum Gasteiger partial charge on any atom is -0.271 e. The van der Waals surface area contributed by atoms with Crippen molar-refractivity contribution in [2.75, 3.05) is 6.54 Å². The van der Waals surface area contributed by atoms with E-state index in [2.05, 4.69) is 12.3 Å². The van der Waals surface area contributed by atoms with Crippen LogP contribution >= 0.6 is 0 Å². The third-order valence-corrected chi connectivity index (χ3v) is 3.51. The van der Waals surface area contributed by atoms with E-state index in [-0.39, 0.29) is 0 Å². The molecule has 0 heterocycles. The molecule has 3 N–H and O–H groups in total. The van der Waals surface area contributed by atoms with Gasteiger partial charge in [0.15, 0.2) is 0 Å². The molecule has 0 saturated carbocycles. The van der Waals surface area contributed by atoms with Gasteiger partial charge in [-0.1, -0.05) is 89.7 Å². The average Bonchev–Trinajstić information content (AvgIpc) is 2.49. The van der Waals surface area contributed by atoms with E-state index >= 15 is 0 Å². The molecule has 0 aromatic carbocycles. The van der Waals surface area contributed by atoms with Crippen LogP contribution in [0.15, 0.2) is 12.2 Å². The molecule has 0 aliphatic heterocycles. The molecule has 0 spiro atoms. The molecule has 0 aromatic heterocycles. The number of hydrogen-bond acceptors (Lipinski definition) is 2. The van der Waals surface area contributed by atoms with Crippen molar-refractivity contribution in [2.45, 2.75) is 97.8 Å². The molecule has 0 aromatic rings. The van der Waals surface area contributed by atoms with Gasteiger partial charge in [0, 0.05) is 6.54 Å². The van der Waals surface area contributed by atoms with Crippen LogP contribution in [0.4, 0.5) is 0 Å². The fraction of sp³-hybridized carbons (Fsp3) is 0.889. The Bertz CT molecular complexity index is 149. The topological polar surface area (TPSA) is 38.0 Å². The molecule has 0 atom stereocenters. The van der Waals surface area contributed by atoms with Crippen LogP contribution in [0.5, 0.6) is 0 Å². The van der Waals surface area contributed by atoms with Gasteiger partial charge in [0.25, 0.3) is 0 Å². The van der Waals surface area contributed by atoms with Crippen LogP contribution in [0.25, 0.3) is 0 Å². The Morgan fingerprint density at radius 1 is 0.650 bits per heavy atom. The number of allylic oxidation sites excluding steroid dienone is 2. The summed E-state index contributed by atoms with van der Waals surface area (Å²) in [5, 5.41) is 0. The number of nitrogens with one attached hydrogen (secondary N) is 1. The summed E-state index contributed by atoms with van der Waals surface area (Å²) in [6.07, 6.45) is 20.8. The Hall–Kier alpha value is -0.340. The normalized spacial score (nSPS) is 10.6. The van der Waals surface area contributed by atoms with Crippen LogP contribution in [0.2, 0.25) is 0 Å². The van der Waals surface area contributed by atoms with Gasteiger partial charge in [0.05, 0.1) is 0 Å². The summed E-state index contributed by atoms with van der Waals surface area (Å²) < 4.78 is 0. The van der Waals surface area contributed by atoms with Gasteiger partial charge in [-0.2, -0.15) is 0 Å². The zero-order chi connectivity index (χ0) is 15.3. The first-order valence-electron chi connectivity index (χ1n) is 8.84. The van der Waals surface area contributed by atoms with Crippen molar-refractivity contribution in [1.29, 1.82) is 0 Å². The van der Waals surface area contributed by atoms with E-state index in [0.717, 1.165) is 6.54 Å². The summed E-state index contributed by atoms with van der Waals surface area (Å²) in [6, 6.07) is 0. The van der Waals surface area contributed by atoms with E-state index in [1.807, 2.05) is 26.0 Å². The fourth-order valence-corrected chi connectivity index (χ4v) is 2.07. The number of nitrogens with two attached hydrogens (primary N) is 1. The molecule has 2 heteroatoms. The van der Waals surface area contributed by atoms with Crippen molar-refractivity contribution in [3.8, 4) is 0 Å². The summed E-state index contributed by atoms with van der Waals surface area (Å²) in [4.78, 5) is 0. The lowest BCUT2D eigenvalue weighted by Crippen LogP contribution is -2.22. The van der Waals surface area contributed by atoms with E-state index < -0.39 is 0 Å². The van der Waals surface area contributed by atoms with E-state index in [1.165, 1.54) is 77.0 Å². The second-order valence-electron chi connectivity index (χ2n) is 5.51. The first kappa shape index (κ1) is 21.9. The molecule has 0 aliphatic rings. The van der Waals surface area contributed by atoms with Gasteiger partial charge in [0.2, 0.25) is 0 Å². The summed E-state index contributed by atoms with van der Waals surface area (Å²) in [5.41, 5.74) is 2.70. The summed E-state index contributed by atoms with van der Waals surface area (Å²) >= 11 is 0. The zero-order valence-electron chi connectivity index (χ0n) is 14.4. The number of rotatable bonds is 13. The number of unbranched alkanes of at least 4 members (excludes halogenated alkanes) is 11. The van der Waals surface area contributed by atoms with Gasteiger partial charge in [-0.05, 0) is 20.3 Å². The number of hydrazine groups is 1. The van der Waals surface area contributed by atoms with Crippen molar-refractivity contribution in [1.82, 2.24) is 5.43 Å². The van der Waals surface area contributed by atoms with Gasteiger partial charge < -0.3 is 0 Å². The smallest absolute Gasteiger partial charge is 0.00974 e. The van der Waals surface area contributed by atoms with Crippen LogP contribution in [0, 0.1) is 0 Å². The van der Waals surface area contributed by atoms with Crippen LogP contribution in [-0.2, 0) is 0 Å². The zero-order valence-corrected chi connectivity index (χ0v) is 14.4. The molecule has 0 aliphatic carbocycles.